The molecule has 22 heavy (non-hydrogen) atoms. The topological polar surface area (TPSA) is 40.6 Å². The molecule has 0 N–H and O–H groups in total. The molecule has 1 aliphatic heterocycles. The number of nitrogens with zero attached hydrogens (tertiary/aromatic N) is 2. The molecule has 0 saturated carbocycles. The SMILES string of the molecule is CCCc1ccc(C(=O)N2CCCN(C(=O)CC)CC2)cc1. The number of aryl methyl sites for hydroxylation is 1. The second-order valence-corrected chi connectivity index (χ2v) is 5.83. The molecule has 0 bridgehead atoms. The van der Waals surface area contributed by atoms with Crippen LogP contribution in [0.1, 0.15) is 49.0 Å². The van der Waals surface area contributed by atoms with E-state index in [4.69, 9.17) is 0 Å². The first-order chi connectivity index (χ1) is 10.7. The second kappa shape index (κ2) is 7.97. The minimum atomic E-state index is 0.0776. The van der Waals surface area contributed by atoms with Crippen molar-refractivity contribution in [1.29, 1.82) is 0 Å². The van der Waals surface area contributed by atoms with E-state index in [9.17, 15) is 9.59 Å². The van der Waals surface area contributed by atoms with E-state index in [1.54, 1.807) is 0 Å². The average molecular weight is 302 g/mol. The lowest BCUT2D eigenvalue weighted by Gasteiger charge is -2.22. The van der Waals surface area contributed by atoms with E-state index in [1.165, 1.54) is 5.56 Å². The van der Waals surface area contributed by atoms with Gasteiger partial charge in [-0.3, -0.25) is 9.59 Å². The Morgan fingerprint density at radius 3 is 2.23 bits per heavy atom. The maximum Gasteiger partial charge on any atom is 0.253 e. The third kappa shape index (κ3) is 4.09. The monoisotopic (exact) mass is 302 g/mol. The standard InChI is InChI=1S/C18H26N2O2/c1-3-6-15-7-9-16(10-8-15)18(22)20-12-5-11-19(13-14-20)17(21)4-2/h7-10H,3-6,11-14H2,1-2H3. The van der Waals surface area contributed by atoms with Crippen LogP contribution in [-0.4, -0.2) is 47.8 Å². The van der Waals surface area contributed by atoms with Gasteiger partial charge in [-0.05, 0) is 30.5 Å². The van der Waals surface area contributed by atoms with Gasteiger partial charge in [0.05, 0.1) is 0 Å². The van der Waals surface area contributed by atoms with Crippen molar-refractivity contribution in [2.24, 2.45) is 0 Å². The summed E-state index contributed by atoms with van der Waals surface area (Å²) >= 11 is 0. The lowest BCUT2D eigenvalue weighted by Crippen LogP contribution is -2.37. The van der Waals surface area contributed by atoms with Crippen molar-refractivity contribution < 1.29 is 9.59 Å². The molecule has 4 heteroatoms. The summed E-state index contributed by atoms with van der Waals surface area (Å²) in [5.41, 5.74) is 2.02. The zero-order valence-electron chi connectivity index (χ0n) is 13.7. The molecule has 1 saturated heterocycles. The van der Waals surface area contributed by atoms with Gasteiger partial charge in [-0.25, -0.2) is 0 Å². The summed E-state index contributed by atoms with van der Waals surface area (Å²) in [7, 11) is 0. The van der Waals surface area contributed by atoms with Gasteiger partial charge in [0, 0.05) is 38.2 Å². The number of hydrogen-bond donors (Lipinski definition) is 0. The van der Waals surface area contributed by atoms with E-state index in [2.05, 4.69) is 6.92 Å². The molecule has 4 nitrogen and oxygen atoms in total. The molecular formula is C18H26N2O2. The van der Waals surface area contributed by atoms with Crippen molar-refractivity contribution >= 4 is 11.8 Å². The predicted molar refractivity (Wildman–Crippen MR) is 87.8 cm³/mol. The second-order valence-electron chi connectivity index (χ2n) is 5.83. The quantitative estimate of drug-likeness (QED) is 0.858. The largest absolute Gasteiger partial charge is 0.341 e. The first kappa shape index (κ1) is 16.5. The van der Waals surface area contributed by atoms with Crippen molar-refractivity contribution in [3.8, 4) is 0 Å². The summed E-state index contributed by atoms with van der Waals surface area (Å²) in [6.45, 7) is 6.79. The molecule has 0 spiro atoms. The molecule has 1 aromatic rings. The van der Waals surface area contributed by atoms with Crippen molar-refractivity contribution in [3.63, 3.8) is 0 Å². The van der Waals surface area contributed by atoms with Crippen LogP contribution in [0.3, 0.4) is 0 Å². The van der Waals surface area contributed by atoms with Crippen LogP contribution in [0.5, 0.6) is 0 Å². The van der Waals surface area contributed by atoms with Gasteiger partial charge in [-0.2, -0.15) is 0 Å². The molecule has 1 fully saturated rings. The smallest absolute Gasteiger partial charge is 0.253 e. The van der Waals surface area contributed by atoms with Gasteiger partial charge in [-0.1, -0.05) is 32.4 Å². The fraction of sp³-hybridized carbons (Fsp3) is 0.556. The van der Waals surface area contributed by atoms with Crippen LogP contribution in [0.15, 0.2) is 24.3 Å². The molecule has 1 aromatic carbocycles. The fourth-order valence-corrected chi connectivity index (χ4v) is 2.88. The highest BCUT2D eigenvalue weighted by Gasteiger charge is 2.21. The number of benzene rings is 1. The zero-order chi connectivity index (χ0) is 15.9. The average Bonchev–Trinajstić information content (AvgIpc) is 2.80. The van der Waals surface area contributed by atoms with Gasteiger partial charge >= 0.3 is 0 Å². The third-order valence-corrected chi connectivity index (χ3v) is 4.18. The Bertz CT molecular complexity index is 510. The van der Waals surface area contributed by atoms with E-state index in [-0.39, 0.29) is 11.8 Å². The van der Waals surface area contributed by atoms with Crippen LogP contribution in [0.2, 0.25) is 0 Å². The van der Waals surface area contributed by atoms with Gasteiger partial charge in [0.25, 0.3) is 5.91 Å². The molecule has 1 aliphatic rings. The van der Waals surface area contributed by atoms with Crippen LogP contribution in [0.4, 0.5) is 0 Å². The highest BCUT2D eigenvalue weighted by atomic mass is 16.2. The van der Waals surface area contributed by atoms with Crippen LogP contribution < -0.4 is 0 Å². The number of rotatable bonds is 4. The fourth-order valence-electron chi connectivity index (χ4n) is 2.88. The molecule has 2 amide bonds. The molecular weight excluding hydrogens is 276 g/mol. The Kier molecular flexibility index (Phi) is 5.99. The summed E-state index contributed by atoms with van der Waals surface area (Å²) < 4.78 is 0. The van der Waals surface area contributed by atoms with E-state index < -0.39 is 0 Å². The Hall–Kier alpha value is -1.84. The summed E-state index contributed by atoms with van der Waals surface area (Å²) in [6.07, 6.45) is 3.55. The maximum absolute atomic E-state index is 12.6. The predicted octanol–water partition coefficient (Wildman–Crippen LogP) is 2.72. The highest BCUT2D eigenvalue weighted by Crippen LogP contribution is 2.12. The number of carbonyl (C=O) groups is 2. The summed E-state index contributed by atoms with van der Waals surface area (Å²) in [6, 6.07) is 7.93. The Morgan fingerprint density at radius 2 is 1.59 bits per heavy atom. The molecule has 0 unspecified atom stereocenters. The van der Waals surface area contributed by atoms with Crippen LogP contribution in [0.25, 0.3) is 0 Å². The van der Waals surface area contributed by atoms with Gasteiger partial charge in [0.15, 0.2) is 0 Å². The van der Waals surface area contributed by atoms with E-state index >= 15 is 0 Å². The summed E-state index contributed by atoms with van der Waals surface area (Å²) in [4.78, 5) is 28.1. The van der Waals surface area contributed by atoms with Gasteiger partial charge < -0.3 is 9.80 Å². The minimum Gasteiger partial charge on any atom is -0.341 e. The Labute approximate surface area is 133 Å². The summed E-state index contributed by atoms with van der Waals surface area (Å²) in [5, 5.41) is 0. The normalized spacial score (nSPS) is 15.5. The van der Waals surface area contributed by atoms with Crippen molar-refractivity contribution in [3.05, 3.63) is 35.4 Å². The molecule has 0 aromatic heterocycles. The molecule has 0 aliphatic carbocycles. The number of amides is 2. The lowest BCUT2D eigenvalue weighted by atomic mass is 10.1. The first-order valence-corrected chi connectivity index (χ1v) is 8.31. The van der Waals surface area contributed by atoms with Gasteiger partial charge in [0.1, 0.15) is 0 Å². The van der Waals surface area contributed by atoms with Crippen molar-refractivity contribution in [2.75, 3.05) is 26.2 Å². The van der Waals surface area contributed by atoms with E-state index in [1.807, 2.05) is 41.0 Å². The van der Waals surface area contributed by atoms with E-state index in [0.29, 0.717) is 19.5 Å². The van der Waals surface area contributed by atoms with E-state index in [0.717, 1.165) is 37.9 Å². The maximum atomic E-state index is 12.6. The zero-order valence-corrected chi connectivity index (χ0v) is 13.7. The Morgan fingerprint density at radius 1 is 0.955 bits per heavy atom. The van der Waals surface area contributed by atoms with Crippen molar-refractivity contribution in [2.45, 2.75) is 39.5 Å². The molecule has 2 rings (SSSR count). The molecule has 1 heterocycles. The first-order valence-electron chi connectivity index (χ1n) is 8.31. The van der Waals surface area contributed by atoms with Gasteiger partial charge in [0.2, 0.25) is 5.91 Å². The summed E-state index contributed by atoms with van der Waals surface area (Å²) in [5.74, 6) is 0.257. The lowest BCUT2D eigenvalue weighted by molar-refractivity contribution is -0.130. The molecule has 120 valence electrons. The number of carbonyl (C=O) groups excluding carboxylic acids is 2. The van der Waals surface area contributed by atoms with Gasteiger partial charge in [-0.15, -0.1) is 0 Å². The Balaban J connectivity index is 1.98. The molecule has 0 atom stereocenters. The minimum absolute atomic E-state index is 0.0776. The van der Waals surface area contributed by atoms with Crippen LogP contribution in [0, 0.1) is 0 Å². The van der Waals surface area contributed by atoms with Crippen molar-refractivity contribution in [1.82, 2.24) is 9.80 Å². The highest BCUT2D eigenvalue weighted by molar-refractivity contribution is 5.94. The number of hydrogen-bond acceptors (Lipinski definition) is 2. The van der Waals surface area contributed by atoms with Crippen LogP contribution in [-0.2, 0) is 11.2 Å². The third-order valence-electron chi connectivity index (χ3n) is 4.18. The van der Waals surface area contributed by atoms with Crippen LogP contribution >= 0.6 is 0 Å². The molecule has 0 radical (unpaired) electrons.